The Morgan fingerprint density at radius 2 is 1.79 bits per heavy atom. The number of halogens is 3. The van der Waals surface area contributed by atoms with E-state index in [-0.39, 0.29) is 23.4 Å². The molecule has 1 aromatic heterocycles. The fraction of sp³-hybridized carbons (Fsp3) is 0.158. The summed E-state index contributed by atoms with van der Waals surface area (Å²) in [6.07, 6.45) is -4.73. The summed E-state index contributed by atoms with van der Waals surface area (Å²) in [5.41, 5.74) is 1.76. The number of thiazole rings is 1. The number of hydrogen-bond donors (Lipinski definition) is 2. The first-order valence-corrected chi connectivity index (χ1v) is 9.12. The molecule has 0 radical (unpaired) electrons. The fourth-order valence-electron chi connectivity index (χ4n) is 2.39. The summed E-state index contributed by atoms with van der Waals surface area (Å²) in [5.74, 6) is -0.623. The number of carbonyl (C=O) groups excluding carboxylic acids is 1. The lowest BCUT2D eigenvalue weighted by molar-refractivity contribution is -0.274. The number of amides is 1. The number of ether oxygens (including phenoxy) is 1. The van der Waals surface area contributed by atoms with Crippen LogP contribution < -0.4 is 15.4 Å². The molecule has 0 aliphatic rings. The predicted molar refractivity (Wildman–Crippen MR) is 101 cm³/mol. The van der Waals surface area contributed by atoms with E-state index >= 15 is 0 Å². The summed E-state index contributed by atoms with van der Waals surface area (Å²) in [7, 11) is 0. The molecule has 0 aliphatic heterocycles. The first-order valence-electron chi connectivity index (χ1n) is 8.24. The summed E-state index contributed by atoms with van der Waals surface area (Å²) < 4.78 is 40.4. The zero-order valence-electron chi connectivity index (χ0n) is 14.7. The van der Waals surface area contributed by atoms with E-state index in [0.29, 0.717) is 10.8 Å². The smallest absolute Gasteiger partial charge is 0.406 e. The van der Waals surface area contributed by atoms with Crippen LogP contribution in [0.2, 0.25) is 0 Å². The van der Waals surface area contributed by atoms with Gasteiger partial charge in [-0.3, -0.25) is 4.79 Å². The zero-order chi connectivity index (χ0) is 20.1. The second kappa shape index (κ2) is 8.30. The van der Waals surface area contributed by atoms with Gasteiger partial charge in [0.2, 0.25) is 0 Å². The maximum absolute atomic E-state index is 12.4. The predicted octanol–water partition coefficient (Wildman–Crippen LogP) is 5.28. The number of rotatable bonds is 6. The standard InChI is InChI=1S/C19H16F3N3O2S/c1-12(13-5-3-2-4-6-13)23-17(26)16-11-28-18(25-16)24-14-7-9-15(10-8-14)27-19(20,21)22/h2-12H,1H3,(H,23,26)(H,24,25). The molecule has 0 aliphatic carbocycles. The molecule has 0 saturated carbocycles. The van der Waals surface area contributed by atoms with Gasteiger partial charge in [0, 0.05) is 11.1 Å². The topological polar surface area (TPSA) is 63.2 Å². The highest BCUT2D eigenvalue weighted by Crippen LogP contribution is 2.26. The number of carbonyl (C=O) groups is 1. The molecule has 3 rings (SSSR count). The van der Waals surface area contributed by atoms with Gasteiger partial charge in [0.25, 0.3) is 5.91 Å². The average Bonchev–Trinajstić information content (AvgIpc) is 3.11. The molecular weight excluding hydrogens is 391 g/mol. The second-order valence-electron chi connectivity index (χ2n) is 5.84. The zero-order valence-corrected chi connectivity index (χ0v) is 15.5. The first-order chi connectivity index (χ1) is 13.3. The van der Waals surface area contributed by atoms with Gasteiger partial charge in [0.1, 0.15) is 11.4 Å². The molecule has 0 fully saturated rings. The molecule has 5 nitrogen and oxygen atoms in total. The number of nitrogens with zero attached hydrogens (tertiary/aromatic N) is 1. The van der Waals surface area contributed by atoms with Crippen molar-refractivity contribution in [2.75, 3.05) is 5.32 Å². The minimum absolute atomic E-state index is 0.173. The van der Waals surface area contributed by atoms with E-state index in [9.17, 15) is 18.0 Å². The Kier molecular flexibility index (Phi) is 5.84. The summed E-state index contributed by atoms with van der Waals surface area (Å²) in [6, 6.07) is 14.6. The molecular formula is C19H16F3N3O2S. The van der Waals surface area contributed by atoms with E-state index in [1.165, 1.54) is 35.6 Å². The quantitative estimate of drug-likeness (QED) is 0.584. The van der Waals surface area contributed by atoms with Crippen LogP contribution in [0.25, 0.3) is 0 Å². The molecule has 1 heterocycles. The Morgan fingerprint density at radius 3 is 2.43 bits per heavy atom. The maximum Gasteiger partial charge on any atom is 0.573 e. The third-order valence-corrected chi connectivity index (χ3v) is 4.48. The van der Waals surface area contributed by atoms with E-state index in [1.807, 2.05) is 37.3 Å². The second-order valence-corrected chi connectivity index (χ2v) is 6.70. The summed E-state index contributed by atoms with van der Waals surface area (Å²) >= 11 is 1.22. The normalized spacial score (nSPS) is 12.3. The average molecular weight is 407 g/mol. The minimum atomic E-state index is -4.73. The van der Waals surface area contributed by atoms with Crippen molar-refractivity contribution >= 4 is 28.1 Å². The molecule has 3 aromatic rings. The SMILES string of the molecule is CC(NC(=O)c1csc(Nc2ccc(OC(F)(F)F)cc2)n1)c1ccccc1. The number of alkyl halides is 3. The highest BCUT2D eigenvalue weighted by Gasteiger charge is 2.30. The maximum atomic E-state index is 12.4. The molecule has 0 spiro atoms. The molecule has 2 aromatic carbocycles. The molecule has 9 heteroatoms. The van der Waals surface area contributed by atoms with Crippen molar-refractivity contribution in [3.05, 3.63) is 71.2 Å². The van der Waals surface area contributed by atoms with E-state index in [2.05, 4.69) is 20.4 Å². The molecule has 0 saturated heterocycles. The Hall–Kier alpha value is -3.07. The van der Waals surface area contributed by atoms with Gasteiger partial charge in [0.15, 0.2) is 5.13 Å². The van der Waals surface area contributed by atoms with Crippen LogP contribution >= 0.6 is 11.3 Å². The van der Waals surface area contributed by atoms with Crippen LogP contribution in [0.15, 0.2) is 60.0 Å². The van der Waals surface area contributed by atoms with Crippen molar-refractivity contribution in [1.29, 1.82) is 0 Å². The van der Waals surface area contributed by atoms with Gasteiger partial charge in [-0.2, -0.15) is 0 Å². The monoisotopic (exact) mass is 407 g/mol. The number of hydrogen-bond acceptors (Lipinski definition) is 5. The molecule has 2 N–H and O–H groups in total. The van der Waals surface area contributed by atoms with Gasteiger partial charge >= 0.3 is 6.36 Å². The van der Waals surface area contributed by atoms with Crippen molar-refractivity contribution in [3.63, 3.8) is 0 Å². The third kappa shape index (κ3) is 5.46. The van der Waals surface area contributed by atoms with Crippen LogP contribution in [0, 0.1) is 0 Å². The van der Waals surface area contributed by atoms with Crippen LogP contribution in [0.5, 0.6) is 5.75 Å². The van der Waals surface area contributed by atoms with Gasteiger partial charge in [-0.15, -0.1) is 24.5 Å². The highest BCUT2D eigenvalue weighted by molar-refractivity contribution is 7.14. The summed E-state index contributed by atoms with van der Waals surface area (Å²) in [5, 5.41) is 7.87. The minimum Gasteiger partial charge on any atom is -0.406 e. The number of nitrogens with one attached hydrogen (secondary N) is 2. The lowest BCUT2D eigenvalue weighted by Crippen LogP contribution is -2.26. The number of benzene rings is 2. The molecule has 28 heavy (non-hydrogen) atoms. The van der Waals surface area contributed by atoms with Crippen molar-refractivity contribution in [3.8, 4) is 5.75 Å². The van der Waals surface area contributed by atoms with Crippen molar-refractivity contribution in [2.24, 2.45) is 0 Å². The van der Waals surface area contributed by atoms with E-state index in [1.54, 1.807) is 5.38 Å². The molecule has 146 valence electrons. The van der Waals surface area contributed by atoms with Gasteiger partial charge in [0.05, 0.1) is 6.04 Å². The van der Waals surface area contributed by atoms with Crippen LogP contribution in [0.4, 0.5) is 24.0 Å². The van der Waals surface area contributed by atoms with Crippen LogP contribution in [0.3, 0.4) is 0 Å². The lowest BCUT2D eigenvalue weighted by Gasteiger charge is -2.13. The van der Waals surface area contributed by atoms with E-state index in [4.69, 9.17) is 0 Å². The Labute approximate surface area is 163 Å². The number of anilines is 2. The van der Waals surface area contributed by atoms with Crippen molar-refractivity contribution in [2.45, 2.75) is 19.3 Å². The van der Waals surface area contributed by atoms with Crippen LogP contribution in [-0.4, -0.2) is 17.3 Å². The van der Waals surface area contributed by atoms with Gasteiger partial charge < -0.3 is 15.4 Å². The van der Waals surface area contributed by atoms with Gasteiger partial charge in [-0.25, -0.2) is 4.98 Å². The lowest BCUT2D eigenvalue weighted by atomic mass is 10.1. The largest absolute Gasteiger partial charge is 0.573 e. The Morgan fingerprint density at radius 1 is 1.11 bits per heavy atom. The summed E-state index contributed by atoms with van der Waals surface area (Å²) in [6.45, 7) is 1.88. The van der Waals surface area contributed by atoms with Gasteiger partial charge in [-0.1, -0.05) is 30.3 Å². The Bertz CT molecular complexity index is 928. The summed E-state index contributed by atoms with van der Waals surface area (Å²) in [4.78, 5) is 16.6. The van der Waals surface area contributed by atoms with Crippen LogP contribution in [0.1, 0.15) is 29.0 Å². The van der Waals surface area contributed by atoms with E-state index in [0.717, 1.165) is 5.56 Å². The fourth-order valence-corrected chi connectivity index (χ4v) is 3.11. The Balaban J connectivity index is 1.60. The molecule has 0 bridgehead atoms. The highest BCUT2D eigenvalue weighted by atomic mass is 32.1. The van der Waals surface area contributed by atoms with Crippen LogP contribution in [-0.2, 0) is 0 Å². The number of aromatic nitrogens is 1. The molecule has 1 atom stereocenters. The van der Waals surface area contributed by atoms with Crippen molar-refractivity contribution in [1.82, 2.24) is 10.3 Å². The van der Waals surface area contributed by atoms with Gasteiger partial charge in [-0.05, 0) is 36.8 Å². The molecule has 1 amide bonds. The van der Waals surface area contributed by atoms with E-state index < -0.39 is 6.36 Å². The van der Waals surface area contributed by atoms with Crippen molar-refractivity contribution < 1.29 is 22.7 Å². The third-order valence-electron chi connectivity index (χ3n) is 3.72. The molecule has 1 unspecified atom stereocenters. The first kappa shape index (κ1) is 19.7.